The zero-order valence-electron chi connectivity index (χ0n) is 16.9. The van der Waals surface area contributed by atoms with E-state index >= 15 is 0 Å². The monoisotopic (exact) mass is 375 g/mol. The fourth-order valence-electron chi connectivity index (χ4n) is 3.15. The molecule has 0 saturated carbocycles. The van der Waals surface area contributed by atoms with Gasteiger partial charge in [0.1, 0.15) is 5.75 Å². The number of nitrogens with zero attached hydrogens (tertiary/aromatic N) is 2. The fourth-order valence-corrected chi connectivity index (χ4v) is 3.15. The van der Waals surface area contributed by atoms with Crippen LogP contribution < -0.4 is 20.7 Å². The van der Waals surface area contributed by atoms with Crippen molar-refractivity contribution >= 4 is 11.9 Å². The number of carbonyl (C=O) groups is 1. The highest BCUT2D eigenvalue weighted by Gasteiger charge is 2.21. The molecular formula is C20H33N5O2. The minimum atomic E-state index is -0.0940. The summed E-state index contributed by atoms with van der Waals surface area (Å²) in [7, 11) is 3.38. The van der Waals surface area contributed by atoms with Crippen molar-refractivity contribution in [1.29, 1.82) is 0 Å². The van der Waals surface area contributed by atoms with Crippen LogP contribution in [-0.2, 0) is 0 Å². The summed E-state index contributed by atoms with van der Waals surface area (Å²) in [4.78, 5) is 18.9. The van der Waals surface area contributed by atoms with E-state index in [1.165, 1.54) is 0 Å². The molecule has 1 saturated heterocycles. The summed E-state index contributed by atoms with van der Waals surface area (Å²) in [6, 6.07) is 8.13. The van der Waals surface area contributed by atoms with E-state index in [4.69, 9.17) is 4.74 Å². The molecule has 1 fully saturated rings. The van der Waals surface area contributed by atoms with Gasteiger partial charge >= 0.3 is 0 Å². The number of piperidine rings is 1. The molecule has 27 heavy (non-hydrogen) atoms. The highest BCUT2D eigenvalue weighted by Crippen LogP contribution is 2.13. The first kappa shape index (κ1) is 21.0. The van der Waals surface area contributed by atoms with Gasteiger partial charge in [0.05, 0.1) is 7.11 Å². The van der Waals surface area contributed by atoms with E-state index in [0.717, 1.165) is 37.6 Å². The zero-order valence-corrected chi connectivity index (χ0v) is 16.9. The van der Waals surface area contributed by atoms with E-state index in [-0.39, 0.29) is 5.91 Å². The second-order valence-corrected chi connectivity index (χ2v) is 7.03. The normalized spacial score (nSPS) is 16.3. The van der Waals surface area contributed by atoms with Crippen molar-refractivity contribution in [1.82, 2.24) is 20.9 Å². The van der Waals surface area contributed by atoms with E-state index in [1.807, 2.05) is 0 Å². The Balaban J connectivity index is 1.66. The van der Waals surface area contributed by atoms with E-state index < -0.39 is 0 Å². The molecular weight excluding hydrogens is 342 g/mol. The Labute approximate surface area is 162 Å². The van der Waals surface area contributed by atoms with Gasteiger partial charge in [0.25, 0.3) is 5.91 Å². The molecule has 0 aromatic heterocycles. The van der Waals surface area contributed by atoms with Crippen molar-refractivity contribution in [2.24, 2.45) is 4.99 Å². The quantitative estimate of drug-likeness (QED) is 0.382. The van der Waals surface area contributed by atoms with Crippen molar-refractivity contribution in [3.63, 3.8) is 0 Å². The number of aliphatic imine (C=N–C) groups is 1. The van der Waals surface area contributed by atoms with Gasteiger partial charge in [-0.2, -0.15) is 0 Å². The van der Waals surface area contributed by atoms with Crippen LogP contribution in [0, 0.1) is 0 Å². The van der Waals surface area contributed by atoms with Crippen molar-refractivity contribution in [2.45, 2.75) is 38.8 Å². The van der Waals surface area contributed by atoms with E-state index in [2.05, 4.69) is 39.7 Å². The van der Waals surface area contributed by atoms with Gasteiger partial charge in [0, 0.05) is 50.9 Å². The van der Waals surface area contributed by atoms with Gasteiger partial charge in [-0.1, -0.05) is 0 Å². The minimum Gasteiger partial charge on any atom is -0.497 e. The lowest BCUT2D eigenvalue weighted by Crippen LogP contribution is -2.50. The molecule has 0 radical (unpaired) electrons. The highest BCUT2D eigenvalue weighted by molar-refractivity contribution is 5.94. The molecule has 1 aromatic rings. The van der Waals surface area contributed by atoms with Crippen molar-refractivity contribution in [3.05, 3.63) is 29.8 Å². The standard InChI is InChI=1S/C20H33N5O2/c1-15(2)25-13-9-17(10-14-25)24-20(21-3)23-12-11-22-19(26)16-5-7-18(27-4)8-6-16/h5-8,15,17H,9-14H2,1-4H3,(H,22,26)(H2,21,23,24). The molecule has 0 aliphatic carbocycles. The van der Waals surface area contributed by atoms with Gasteiger partial charge in [-0.15, -0.1) is 0 Å². The highest BCUT2D eigenvalue weighted by atomic mass is 16.5. The van der Waals surface area contributed by atoms with Gasteiger partial charge in [-0.3, -0.25) is 9.79 Å². The van der Waals surface area contributed by atoms with Crippen molar-refractivity contribution < 1.29 is 9.53 Å². The molecule has 1 aliphatic rings. The number of amides is 1. The van der Waals surface area contributed by atoms with Gasteiger partial charge in [0.2, 0.25) is 0 Å². The lowest BCUT2D eigenvalue weighted by atomic mass is 10.0. The molecule has 1 aromatic carbocycles. The van der Waals surface area contributed by atoms with Crippen LogP contribution in [0.1, 0.15) is 37.0 Å². The van der Waals surface area contributed by atoms with E-state index in [1.54, 1.807) is 38.4 Å². The lowest BCUT2D eigenvalue weighted by molar-refractivity contribution is 0.0954. The fraction of sp³-hybridized carbons (Fsp3) is 0.600. The molecule has 7 nitrogen and oxygen atoms in total. The Morgan fingerprint density at radius 2 is 1.81 bits per heavy atom. The van der Waals surface area contributed by atoms with Crippen LogP contribution in [0.3, 0.4) is 0 Å². The number of likely N-dealkylation sites (tertiary alicyclic amines) is 1. The third kappa shape index (κ3) is 6.75. The maximum Gasteiger partial charge on any atom is 0.251 e. The number of hydrogen-bond donors (Lipinski definition) is 3. The average molecular weight is 376 g/mol. The van der Waals surface area contributed by atoms with E-state index in [0.29, 0.717) is 30.7 Å². The van der Waals surface area contributed by atoms with E-state index in [9.17, 15) is 4.79 Å². The third-order valence-corrected chi connectivity index (χ3v) is 4.88. The van der Waals surface area contributed by atoms with Gasteiger partial charge in [-0.05, 0) is 51.0 Å². The largest absolute Gasteiger partial charge is 0.497 e. The maximum absolute atomic E-state index is 12.1. The Bertz CT molecular complexity index is 607. The molecule has 1 heterocycles. The lowest BCUT2D eigenvalue weighted by Gasteiger charge is -2.35. The second-order valence-electron chi connectivity index (χ2n) is 7.03. The third-order valence-electron chi connectivity index (χ3n) is 4.88. The topological polar surface area (TPSA) is 78.0 Å². The van der Waals surface area contributed by atoms with Crippen LogP contribution in [0.25, 0.3) is 0 Å². The molecule has 0 spiro atoms. The maximum atomic E-state index is 12.1. The Morgan fingerprint density at radius 3 is 2.37 bits per heavy atom. The van der Waals surface area contributed by atoms with Crippen LogP contribution in [0.15, 0.2) is 29.3 Å². The zero-order chi connectivity index (χ0) is 19.6. The van der Waals surface area contributed by atoms with Crippen LogP contribution in [0.2, 0.25) is 0 Å². The molecule has 7 heteroatoms. The summed E-state index contributed by atoms with van der Waals surface area (Å²) in [5.41, 5.74) is 0.621. The number of hydrogen-bond acceptors (Lipinski definition) is 4. The van der Waals surface area contributed by atoms with Crippen molar-refractivity contribution in [2.75, 3.05) is 40.3 Å². The number of nitrogens with one attached hydrogen (secondary N) is 3. The Kier molecular flexibility index (Phi) is 8.39. The average Bonchev–Trinajstić information content (AvgIpc) is 2.70. The SMILES string of the molecule is CN=C(NCCNC(=O)c1ccc(OC)cc1)NC1CCN(C(C)C)CC1. The number of carbonyl (C=O) groups excluding carboxylic acids is 1. The number of guanidine groups is 1. The number of rotatable bonds is 7. The summed E-state index contributed by atoms with van der Waals surface area (Å²) >= 11 is 0. The summed E-state index contributed by atoms with van der Waals surface area (Å²) < 4.78 is 5.10. The Hall–Kier alpha value is -2.28. The summed E-state index contributed by atoms with van der Waals surface area (Å²) in [6.45, 7) is 7.86. The van der Waals surface area contributed by atoms with Crippen LogP contribution in [0.4, 0.5) is 0 Å². The van der Waals surface area contributed by atoms with Gasteiger partial charge < -0.3 is 25.6 Å². The molecule has 0 atom stereocenters. The van der Waals surface area contributed by atoms with Crippen molar-refractivity contribution in [3.8, 4) is 5.75 Å². The molecule has 2 rings (SSSR count). The predicted octanol–water partition coefficient (Wildman–Crippen LogP) is 1.46. The molecule has 0 unspecified atom stereocenters. The summed E-state index contributed by atoms with van der Waals surface area (Å²) in [5.74, 6) is 1.43. The van der Waals surface area contributed by atoms with Gasteiger partial charge in [-0.25, -0.2) is 0 Å². The Morgan fingerprint density at radius 1 is 1.19 bits per heavy atom. The number of ether oxygens (including phenoxy) is 1. The molecule has 1 aliphatic heterocycles. The summed E-state index contributed by atoms with van der Waals surface area (Å²) in [5, 5.41) is 9.66. The first-order valence-corrected chi connectivity index (χ1v) is 9.67. The summed E-state index contributed by atoms with van der Waals surface area (Å²) in [6.07, 6.45) is 2.24. The van der Waals surface area contributed by atoms with Crippen LogP contribution >= 0.6 is 0 Å². The predicted molar refractivity (Wildman–Crippen MR) is 110 cm³/mol. The first-order valence-electron chi connectivity index (χ1n) is 9.67. The first-order chi connectivity index (χ1) is 13.0. The van der Waals surface area contributed by atoms with Crippen LogP contribution in [0.5, 0.6) is 5.75 Å². The van der Waals surface area contributed by atoms with Gasteiger partial charge in [0.15, 0.2) is 5.96 Å². The smallest absolute Gasteiger partial charge is 0.251 e. The molecule has 0 bridgehead atoms. The molecule has 3 N–H and O–H groups in total. The minimum absolute atomic E-state index is 0.0940. The number of benzene rings is 1. The molecule has 150 valence electrons. The molecule has 1 amide bonds. The second kappa shape index (κ2) is 10.8. The number of methoxy groups -OCH3 is 1. The van der Waals surface area contributed by atoms with Crippen LogP contribution in [-0.4, -0.2) is 69.2 Å².